The fourth-order valence-corrected chi connectivity index (χ4v) is 11.4. The number of unbranched alkanes of at least 4 members (excludes halogenated alkanes) is 25. The van der Waals surface area contributed by atoms with Crippen molar-refractivity contribution in [3.8, 4) is 0 Å². The lowest BCUT2D eigenvalue weighted by Crippen LogP contribution is -2.68. The number of hydrogen-bond acceptors (Lipinski definition) is 18. The minimum Gasteiger partial charge on any atom is -0.394 e. The van der Waals surface area contributed by atoms with Crippen LogP contribution in [0, 0.1) is 11.8 Å². The molecule has 460 valence electrons. The Morgan fingerprint density at radius 1 is 0.641 bits per heavy atom. The minimum atomic E-state index is -1.98. The summed E-state index contributed by atoms with van der Waals surface area (Å²) < 4.78 is 29.7. The van der Waals surface area contributed by atoms with Crippen molar-refractivity contribution < 1.29 is 89.8 Å². The quantitative estimate of drug-likeness (QED) is 0.0286. The van der Waals surface area contributed by atoms with Gasteiger partial charge in [0.05, 0.1) is 68.6 Å². The van der Waals surface area contributed by atoms with E-state index in [9.17, 15) is 66.1 Å². The zero-order valence-corrected chi connectivity index (χ0v) is 48.2. The summed E-state index contributed by atoms with van der Waals surface area (Å²) in [6, 6.07) is -1.01. The normalized spacial score (nSPS) is 31.8. The molecule has 19 nitrogen and oxygen atoms in total. The minimum absolute atomic E-state index is 0.227. The van der Waals surface area contributed by atoms with Crippen molar-refractivity contribution in [1.29, 1.82) is 0 Å². The predicted molar refractivity (Wildman–Crippen MR) is 296 cm³/mol. The van der Waals surface area contributed by atoms with Gasteiger partial charge in [-0.15, -0.1) is 0 Å². The predicted octanol–water partition coefficient (Wildman–Crippen LogP) is 4.87. The highest BCUT2D eigenvalue weighted by molar-refractivity contribution is 5.76. The molecular formula is C59H111NO18. The van der Waals surface area contributed by atoms with Gasteiger partial charge in [0, 0.05) is 24.7 Å². The summed E-state index contributed by atoms with van der Waals surface area (Å²) in [5, 5.41) is 135. The molecular weight excluding hydrogens is 1010 g/mol. The van der Waals surface area contributed by atoms with Gasteiger partial charge < -0.3 is 90.3 Å². The molecule has 3 rings (SSSR count). The van der Waals surface area contributed by atoms with E-state index in [1.165, 1.54) is 129 Å². The Bertz CT molecular complexity index is 1550. The molecule has 0 bridgehead atoms. The Kier molecular flexibility index (Phi) is 36.2. The van der Waals surface area contributed by atoms with Crippen LogP contribution in [0.1, 0.15) is 214 Å². The van der Waals surface area contributed by atoms with Gasteiger partial charge in [0.1, 0.15) is 48.8 Å². The Morgan fingerprint density at radius 2 is 1.12 bits per heavy atom. The number of ether oxygens (including phenoxy) is 5. The van der Waals surface area contributed by atoms with E-state index in [1.807, 2.05) is 6.08 Å². The molecule has 0 aromatic rings. The Labute approximate surface area is 467 Å². The van der Waals surface area contributed by atoms with Gasteiger partial charge in [-0.05, 0) is 26.2 Å². The molecule has 19 heteroatoms. The van der Waals surface area contributed by atoms with Crippen molar-refractivity contribution >= 4 is 5.91 Å². The van der Waals surface area contributed by atoms with Crippen LogP contribution in [-0.4, -0.2) is 197 Å². The third kappa shape index (κ3) is 24.0. The van der Waals surface area contributed by atoms with E-state index in [2.05, 4.69) is 19.2 Å². The molecule has 0 aromatic carbocycles. The van der Waals surface area contributed by atoms with Gasteiger partial charge >= 0.3 is 0 Å². The fourth-order valence-electron chi connectivity index (χ4n) is 11.4. The highest BCUT2D eigenvalue weighted by Gasteiger charge is 2.58. The SMILES string of the molecule is CCCCCCCCCCCCC/C=C/C(O)C(COC1OC(CO)C(O)C(OC2OC(CO)C(O)C(C(O)C3(C)CC(O)C(C)C(C(O)C(O)CO)O3)C2O)C1O)NC(=O)CCCCCCCCCCCCCCCCC. The number of carbonyl (C=O) groups is 1. The monoisotopic (exact) mass is 1120 g/mol. The molecule has 13 N–H and O–H groups in total. The van der Waals surface area contributed by atoms with Crippen LogP contribution in [0.25, 0.3) is 0 Å². The van der Waals surface area contributed by atoms with Gasteiger partial charge in [-0.3, -0.25) is 4.79 Å². The molecule has 3 heterocycles. The van der Waals surface area contributed by atoms with E-state index >= 15 is 0 Å². The van der Waals surface area contributed by atoms with Crippen LogP contribution in [-0.2, 0) is 28.5 Å². The number of aliphatic hydroxyl groups is 12. The molecule has 78 heavy (non-hydrogen) atoms. The number of carbonyl (C=O) groups excluding carboxylic acids is 1. The zero-order chi connectivity index (χ0) is 57.5. The highest BCUT2D eigenvalue weighted by atomic mass is 16.7. The first-order chi connectivity index (χ1) is 37.5. The number of amides is 1. The standard InChI is InChI=1S/C59H111NO18/c1-5-7-9-11-13-15-17-19-20-22-24-26-28-30-32-34-47(67)60-41(42(64)33-31-29-27-25-23-21-18-16-14-12-10-8-6-2)39-74-57-53(72)55(51(70)46(38-63)75-57)77-58-52(71)48(50(69)45(37-62)76-58)56(73)59(4)35-43(65)40(3)54(78-59)49(68)44(66)36-61/h31,33,40-46,48-58,61-66,68-73H,5-30,32,34-39H2,1-4H3,(H,60,67)/b33-31+. The van der Waals surface area contributed by atoms with E-state index < -0.39 is 135 Å². The molecule has 0 aromatic heterocycles. The summed E-state index contributed by atoms with van der Waals surface area (Å²) in [5.74, 6) is -2.75. The van der Waals surface area contributed by atoms with Gasteiger partial charge in [-0.25, -0.2) is 0 Å². The summed E-state index contributed by atoms with van der Waals surface area (Å²) in [4.78, 5) is 13.4. The number of aliphatic hydroxyl groups excluding tert-OH is 12. The van der Waals surface area contributed by atoms with Gasteiger partial charge in [-0.2, -0.15) is 0 Å². The van der Waals surface area contributed by atoms with Crippen LogP contribution in [0.3, 0.4) is 0 Å². The molecule has 0 saturated carbocycles. The van der Waals surface area contributed by atoms with Crippen LogP contribution < -0.4 is 5.32 Å². The number of rotatable bonds is 43. The average Bonchev–Trinajstić information content (AvgIpc) is 3.49. The largest absolute Gasteiger partial charge is 0.394 e. The molecule has 0 radical (unpaired) electrons. The summed E-state index contributed by atoms with van der Waals surface area (Å²) in [6.07, 6.45) is 10.6. The second-order valence-electron chi connectivity index (χ2n) is 23.3. The van der Waals surface area contributed by atoms with E-state index in [4.69, 9.17) is 23.7 Å². The number of allylic oxidation sites excluding steroid dienone is 1. The summed E-state index contributed by atoms with van der Waals surface area (Å²) in [7, 11) is 0. The molecule has 19 unspecified atom stereocenters. The van der Waals surface area contributed by atoms with E-state index in [1.54, 1.807) is 13.0 Å². The zero-order valence-electron chi connectivity index (χ0n) is 48.2. The third-order valence-electron chi connectivity index (χ3n) is 16.6. The molecule has 19 atom stereocenters. The van der Waals surface area contributed by atoms with E-state index in [0.717, 1.165) is 44.9 Å². The third-order valence-corrected chi connectivity index (χ3v) is 16.6. The van der Waals surface area contributed by atoms with Crippen molar-refractivity contribution in [2.24, 2.45) is 11.8 Å². The first-order valence-corrected chi connectivity index (χ1v) is 30.7. The average molecular weight is 1120 g/mol. The van der Waals surface area contributed by atoms with E-state index in [-0.39, 0.29) is 25.4 Å². The molecule has 1 amide bonds. The summed E-state index contributed by atoms with van der Waals surface area (Å²) in [5.41, 5.74) is -1.83. The van der Waals surface area contributed by atoms with Crippen molar-refractivity contribution in [2.75, 3.05) is 26.4 Å². The maximum Gasteiger partial charge on any atom is 0.220 e. The summed E-state index contributed by atoms with van der Waals surface area (Å²) in [6.45, 7) is 4.49. The fraction of sp³-hybridized carbons (Fsp3) is 0.949. The van der Waals surface area contributed by atoms with Crippen molar-refractivity contribution in [3.63, 3.8) is 0 Å². The maximum absolute atomic E-state index is 13.4. The van der Waals surface area contributed by atoms with Crippen LogP contribution in [0.15, 0.2) is 12.2 Å². The topological polar surface area (TPSA) is 318 Å². The molecule has 0 aliphatic carbocycles. The van der Waals surface area contributed by atoms with Crippen LogP contribution in [0.4, 0.5) is 0 Å². The van der Waals surface area contributed by atoms with E-state index in [0.29, 0.717) is 6.42 Å². The van der Waals surface area contributed by atoms with Crippen molar-refractivity contribution in [1.82, 2.24) is 5.32 Å². The Balaban J connectivity index is 1.66. The molecule has 3 aliphatic rings. The van der Waals surface area contributed by atoms with Crippen LogP contribution in [0.5, 0.6) is 0 Å². The van der Waals surface area contributed by atoms with Gasteiger partial charge in [0.2, 0.25) is 5.91 Å². The first kappa shape index (κ1) is 70.8. The Hall–Kier alpha value is -1.47. The maximum atomic E-state index is 13.4. The molecule has 3 aliphatic heterocycles. The first-order valence-electron chi connectivity index (χ1n) is 30.7. The van der Waals surface area contributed by atoms with Gasteiger partial charge in [-0.1, -0.05) is 187 Å². The second-order valence-corrected chi connectivity index (χ2v) is 23.3. The highest BCUT2D eigenvalue weighted by Crippen LogP contribution is 2.43. The lowest BCUT2D eigenvalue weighted by atomic mass is 9.72. The smallest absolute Gasteiger partial charge is 0.220 e. The number of nitrogens with one attached hydrogen (secondary N) is 1. The second kappa shape index (κ2) is 39.9. The lowest BCUT2D eigenvalue weighted by molar-refractivity contribution is -0.365. The molecule has 3 saturated heterocycles. The van der Waals surface area contributed by atoms with Crippen molar-refractivity contribution in [3.05, 3.63) is 12.2 Å². The summed E-state index contributed by atoms with van der Waals surface area (Å²) >= 11 is 0. The molecule has 0 spiro atoms. The molecule has 3 fully saturated rings. The van der Waals surface area contributed by atoms with Crippen LogP contribution >= 0.6 is 0 Å². The van der Waals surface area contributed by atoms with Gasteiger partial charge in [0.15, 0.2) is 12.6 Å². The van der Waals surface area contributed by atoms with Crippen molar-refractivity contribution in [2.45, 2.75) is 317 Å². The number of hydrogen-bond donors (Lipinski definition) is 13. The lowest BCUT2D eigenvalue weighted by Gasteiger charge is -2.53. The van der Waals surface area contributed by atoms with Crippen LogP contribution in [0.2, 0.25) is 0 Å². The Morgan fingerprint density at radius 3 is 1.62 bits per heavy atom. The van der Waals surface area contributed by atoms with Gasteiger partial charge in [0.25, 0.3) is 0 Å².